The van der Waals surface area contributed by atoms with Crippen LogP contribution in [0.5, 0.6) is 11.5 Å². The SMILES string of the molecule is Cc1ccc(NC(=O)N(C)CCc2noc(C(=O)NCc3ccc4c(c3)OCO4)n2)cc1Cl. The quantitative estimate of drug-likeness (QED) is 0.542. The Morgan fingerprint density at radius 1 is 1.15 bits per heavy atom. The van der Waals surface area contributed by atoms with Crippen LogP contribution in [0.25, 0.3) is 0 Å². The topological polar surface area (TPSA) is 119 Å². The first-order valence-electron chi connectivity index (χ1n) is 10.2. The highest BCUT2D eigenvalue weighted by molar-refractivity contribution is 6.31. The van der Waals surface area contributed by atoms with Gasteiger partial charge in [-0.1, -0.05) is 28.9 Å². The van der Waals surface area contributed by atoms with Crippen LogP contribution in [0.3, 0.4) is 0 Å². The van der Waals surface area contributed by atoms with Crippen LogP contribution < -0.4 is 20.1 Å². The molecular weight excluding hydrogens is 450 g/mol. The number of nitrogens with zero attached hydrogens (tertiary/aromatic N) is 3. The number of rotatable bonds is 7. The molecule has 0 atom stereocenters. The molecule has 3 aromatic rings. The van der Waals surface area contributed by atoms with Crippen molar-refractivity contribution in [3.8, 4) is 11.5 Å². The largest absolute Gasteiger partial charge is 0.454 e. The van der Waals surface area contributed by atoms with E-state index in [0.29, 0.717) is 41.0 Å². The van der Waals surface area contributed by atoms with Crippen molar-refractivity contribution in [3.05, 3.63) is 64.3 Å². The standard InChI is InChI=1S/C22H22ClN5O5/c1-13-3-5-15(10-16(13)23)25-22(30)28(2)8-7-19-26-21(33-27-19)20(29)24-11-14-4-6-17-18(9-14)32-12-31-17/h3-6,9-10H,7-8,11-12H2,1-2H3,(H,24,29)(H,25,30). The molecule has 2 N–H and O–H groups in total. The van der Waals surface area contributed by atoms with E-state index in [2.05, 4.69) is 20.8 Å². The van der Waals surface area contributed by atoms with E-state index in [1.807, 2.05) is 19.1 Å². The number of anilines is 1. The second-order valence-corrected chi connectivity index (χ2v) is 7.86. The number of halogens is 1. The lowest BCUT2D eigenvalue weighted by Gasteiger charge is -2.17. The summed E-state index contributed by atoms with van der Waals surface area (Å²) in [4.78, 5) is 30.3. The molecule has 0 bridgehead atoms. The molecule has 2 heterocycles. The summed E-state index contributed by atoms with van der Waals surface area (Å²) in [5.74, 6) is 0.996. The molecule has 1 aromatic heterocycles. The Morgan fingerprint density at radius 3 is 2.79 bits per heavy atom. The van der Waals surface area contributed by atoms with Crippen molar-refractivity contribution in [3.63, 3.8) is 0 Å². The zero-order valence-corrected chi connectivity index (χ0v) is 18.8. The fourth-order valence-electron chi connectivity index (χ4n) is 3.02. The van der Waals surface area contributed by atoms with Crippen molar-refractivity contribution in [2.45, 2.75) is 19.9 Å². The predicted octanol–water partition coefficient (Wildman–Crippen LogP) is 3.40. The van der Waals surface area contributed by atoms with Gasteiger partial charge in [0.15, 0.2) is 17.3 Å². The Balaban J connectivity index is 1.25. The molecule has 11 heteroatoms. The van der Waals surface area contributed by atoms with Crippen LogP contribution in [-0.2, 0) is 13.0 Å². The first-order valence-corrected chi connectivity index (χ1v) is 10.5. The van der Waals surface area contributed by atoms with Crippen molar-refractivity contribution in [2.75, 3.05) is 25.7 Å². The highest BCUT2D eigenvalue weighted by Crippen LogP contribution is 2.32. The summed E-state index contributed by atoms with van der Waals surface area (Å²) < 4.78 is 15.6. The molecule has 1 aliphatic rings. The molecule has 2 aromatic carbocycles. The number of carbonyl (C=O) groups excluding carboxylic acids is 2. The molecule has 172 valence electrons. The number of hydrogen-bond acceptors (Lipinski definition) is 7. The van der Waals surface area contributed by atoms with E-state index in [1.165, 1.54) is 4.90 Å². The minimum atomic E-state index is -0.492. The molecule has 0 spiro atoms. The van der Waals surface area contributed by atoms with Gasteiger partial charge in [-0.15, -0.1) is 0 Å². The number of aryl methyl sites for hydroxylation is 1. The number of nitrogens with one attached hydrogen (secondary N) is 2. The first-order chi connectivity index (χ1) is 15.9. The van der Waals surface area contributed by atoms with E-state index >= 15 is 0 Å². The Bertz CT molecular complexity index is 1180. The van der Waals surface area contributed by atoms with Crippen LogP contribution in [0.4, 0.5) is 10.5 Å². The number of carbonyl (C=O) groups is 2. The second-order valence-electron chi connectivity index (χ2n) is 7.45. The second kappa shape index (κ2) is 9.78. The normalized spacial score (nSPS) is 11.8. The molecule has 0 saturated heterocycles. The average molecular weight is 472 g/mol. The van der Waals surface area contributed by atoms with E-state index in [0.717, 1.165) is 11.1 Å². The van der Waals surface area contributed by atoms with Gasteiger partial charge in [0, 0.05) is 37.3 Å². The van der Waals surface area contributed by atoms with Crippen molar-refractivity contribution in [1.82, 2.24) is 20.4 Å². The maximum Gasteiger partial charge on any atom is 0.321 e. The first kappa shape index (κ1) is 22.4. The molecule has 0 radical (unpaired) electrons. The summed E-state index contributed by atoms with van der Waals surface area (Å²) >= 11 is 6.09. The van der Waals surface area contributed by atoms with Crippen LogP contribution in [0, 0.1) is 6.92 Å². The number of amides is 3. The third-order valence-electron chi connectivity index (χ3n) is 4.99. The summed E-state index contributed by atoms with van der Waals surface area (Å²) in [6.07, 6.45) is 0.317. The van der Waals surface area contributed by atoms with Crippen LogP contribution in [0.15, 0.2) is 40.9 Å². The molecule has 0 saturated carbocycles. The summed E-state index contributed by atoms with van der Waals surface area (Å²) in [5, 5.41) is 9.89. The number of urea groups is 1. The van der Waals surface area contributed by atoms with Gasteiger partial charge in [0.25, 0.3) is 0 Å². The number of hydrogen-bond donors (Lipinski definition) is 2. The monoisotopic (exact) mass is 471 g/mol. The van der Waals surface area contributed by atoms with Crippen LogP contribution in [-0.4, -0.2) is 47.4 Å². The zero-order chi connectivity index (χ0) is 23.4. The minimum absolute atomic E-state index is 0.146. The van der Waals surface area contributed by atoms with Gasteiger partial charge in [-0.3, -0.25) is 4.79 Å². The molecule has 1 aliphatic heterocycles. The molecule has 0 aliphatic carbocycles. The zero-order valence-electron chi connectivity index (χ0n) is 18.1. The van der Waals surface area contributed by atoms with Crippen molar-refractivity contribution in [2.24, 2.45) is 0 Å². The smallest absolute Gasteiger partial charge is 0.321 e. The summed E-state index contributed by atoms with van der Waals surface area (Å²) in [5.41, 5.74) is 2.37. The van der Waals surface area contributed by atoms with Gasteiger partial charge in [0.2, 0.25) is 6.79 Å². The maximum atomic E-state index is 12.4. The van der Waals surface area contributed by atoms with E-state index in [-0.39, 0.29) is 25.3 Å². The van der Waals surface area contributed by atoms with Gasteiger partial charge < -0.3 is 29.5 Å². The van der Waals surface area contributed by atoms with E-state index in [9.17, 15) is 9.59 Å². The van der Waals surface area contributed by atoms with Crippen LogP contribution >= 0.6 is 11.6 Å². The highest BCUT2D eigenvalue weighted by Gasteiger charge is 2.18. The fraction of sp³-hybridized carbons (Fsp3) is 0.273. The highest BCUT2D eigenvalue weighted by atomic mass is 35.5. The molecule has 0 fully saturated rings. The Morgan fingerprint density at radius 2 is 1.97 bits per heavy atom. The third kappa shape index (κ3) is 5.53. The third-order valence-corrected chi connectivity index (χ3v) is 5.40. The molecule has 3 amide bonds. The summed E-state index contributed by atoms with van der Waals surface area (Å²) in [7, 11) is 1.64. The lowest BCUT2D eigenvalue weighted by Crippen LogP contribution is -2.33. The lowest BCUT2D eigenvalue weighted by molar-refractivity contribution is 0.0907. The van der Waals surface area contributed by atoms with E-state index in [1.54, 1.807) is 31.3 Å². The van der Waals surface area contributed by atoms with E-state index < -0.39 is 5.91 Å². The number of aromatic nitrogens is 2. The number of benzene rings is 2. The van der Waals surface area contributed by atoms with Gasteiger partial charge >= 0.3 is 17.8 Å². The molecule has 33 heavy (non-hydrogen) atoms. The fourth-order valence-corrected chi connectivity index (χ4v) is 3.20. The van der Waals surface area contributed by atoms with Gasteiger partial charge in [-0.05, 0) is 42.3 Å². The van der Waals surface area contributed by atoms with Gasteiger partial charge in [-0.25, -0.2) is 4.79 Å². The average Bonchev–Trinajstić information content (AvgIpc) is 3.47. The lowest BCUT2D eigenvalue weighted by atomic mass is 10.2. The number of fused-ring (bicyclic) bond motifs is 1. The Kier molecular flexibility index (Phi) is 6.64. The molecule has 0 unspecified atom stereocenters. The number of ether oxygens (including phenoxy) is 2. The van der Waals surface area contributed by atoms with Crippen LogP contribution in [0.2, 0.25) is 5.02 Å². The van der Waals surface area contributed by atoms with Gasteiger partial charge in [0.05, 0.1) is 0 Å². The summed E-state index contributed by atoms with van der Waals surface area (Å²) in [6.45, 7) is 2.66. The van der Waals surface area contributed by atoms with Crippen molar-refractivity contribution >= 4 is 29.2 Å². The van der Waals surface area contributed by atoms with Gasteiger partial charge in [-0.2, -0.15) is 4.98 Å². The molecular formula is C22H22ClN5O5. The predicted molar refractivity (Wildman–Crippen MR) is 120 cm³/mol. The Labute approximate surface area is 194 Å². The van der Waals surface area contributed by atoms with E-state index in [4.69, 9.17) is 25.6 Å². The van der Waals surface area contributed by atoms with Gasteiger partial charge in [0.1, 0.15) is 0 Å². The van der Waals surface area contributed by atoms with Crippen LogP contribution in [0.1, 0.15) is 27.6 Å². The maximum absolute atomic E-state index is 12.4. The van der Waals surface area contributed by atoms with Crippen molar-refractivity contribution in [1.29, 1.82) is 0 Å². The molecule has 4 rings (SSSR count). The van der Waals surface area contributed by atoms with Crippen molar-refractivity contribution < 1.29 is 23.6 Å². The molecule has 10 nitrogen and oxygen atoms in total. The summed E-state index contributed by atoms with van der Waals surface area (Å²) in [6, 6.07) is 10.4. The number of likely N-dealkylation sites (N-methyl/N-ethyl adjacent to an activating group) is 1. The minimum Gasteiger partial charge on any atom is -0.454 e. The Hall–Kier alpha value is -3.79.